The summed E-state index contributed by atoms with van der Waals surface area (Å²) in [6.07, 6.45) is 0.807. The quantitative estimate of drug-likeness (QED) is 0.114. The summed E-state index contributed by atoms with van der Waals surface area (Å²) in [4.78, 5) is 29.3. The zero-order valence-corrected chi connectivity index (χ0v) is 31.3. The van der Waals surface area contributed by atoms with Crippen molar-refractivity contribution in [2.45, 2.75) is 65.2 Å². The molecule has 5 rings (SSSR count). The lowest BCUT2D eigenvalue weighted by Gasteiger charge is -2.31. The molecule has 0 aromatic heterocycles. The van der Waals surface area contributed by atoms with Crippen molar-refractivity contribution in [2.75, 3.05) is 38.3 Å². The van der Waals surface area contributed by atoms with Crippen molar-refractivity contribution in [3.8, 4) is 11.5 Å². The molecule has 4 aromatic rings. The molecule has 52 heavy (non-hydrogen) atoms. The molecule has 4 aromatic carbocycles. The second kappa shape index (κ2) is 19.4. The number of ether oxygens (including phenoxy) is 3. The van der Waals surface area contributed by atoms with E-state index in [-0.39, 0.29) is 36.7 Å². The molecule has 0 saturated heterocycles. The standard InChI is InChI=1S/C42H50FN3O5.ClH/c1-42(2,3)29-46-35-22-11-9-19-32(35)39(51-37(41(46)48)27-38(47)45-28-31-18-8-10-21-34(31)43)33-20-12-23-36(40(33)49-4)50-26-14-25-44-24-13-17-30-15-6-5-7-16-30;/h5-12,15-16,18-23,37,39,44H,13-14,17,24-29H2,1-4H3,(H,45,47);1H. The highest BCUT2D eigenvalue weighted by molar-refractivity contribution is 6.00. The first kappa shape index (κ1) is 40.3. The topological polar surface area (TPSA) is 89.1 Å². The Hall–Kier alpha value is -4.44. The first-order chi connectivity index (χ1) is 24.6. The minimum Gasteiger partial charge on any atom is -0.492 e. The second-order valence-corrected chi connectivity index (χ2v) is 14.0. The van der Waals surface area contributed by atoms with Crippen LogP contribution in [0.1, 0.15) is 68.4 Å². The number of methoxy groups -OCH3 is 1. The number of fused-ring (bicyclic) bond motifs is 1. The molecule has 278 valence electrons. The van der Waals surface area contributed by atoms with Crippen molar-refractivity contribution < 1.29 is 28.2 Å². The minimum atomic E-state index is -1.12. The number of hydrogen-bond donors (Lipinski definition) is 2. The molecule has 1 aliphatic heterocycles. The van der Waals surface area contributed by atoms with Crippen LogP contribution in [0, 0.1) is 11.2 Å². The number of halogens is 2. The number of anilines is 1. The van der Waals surface area contributed by atoms with Crippen LogP contribution < -0.4 is 25.0 Å². The molecule has 1 aliphatic rings. The summed E-state index contributed by atoms with van der Waals surface area (Å²) in [6.45, 7) is 8.83. The van der Waals surface area contributed by atoms with Crippen molar-refractivity contribution in [2.24, 2.45) is 5.41 Å². The molecule has 0 spiro atoms. The van der Waals surface area contributed by atoms with Crippen molar-refractivity contribution in [1.82, 2.24) is 10.6 Å². The highest BCUT2D eigenvalue weighted by Crippen LogP contribution is 2.45. The number of para-hydroxylation sites is 2. The molecule has 1 heterocycles. The third-order valence-corrected chi connectivity index (χ3v) is 8.70. The van der Waals surface area contributed by atoms with Gasteiger partial charge in [0.15, 0.2) is 11.5 Å². The van der Waals surface area contributed by atoms with Crippen LogP contribution in [0.3, 0.4) is 0 Å². The number of hydrogen-bond acceptors (Lipinski definition) is 6. The van der Waals surface area contributed by atoms with Crippen LogP contribution in [-0.4, -0.2) is 51.3 Å². The van der Waals surface area contributed by atoms with E-state index in [0.29, 0.717) is 41.5 Å². The van der Waals surface area contributed by atoms with E-state index in [2.05, 4.69) is 55.7 Å². The van der Waals surface area contributed by atoms with E-state index in [4.69, 9.17) is 14.2 Å². The summed E-state index contributed by atoms with van der Waals surface area (Å²) in [5.74, 6) is -0.0666. The molecular formula is C42H51ClFN3O5. The van der Waals surface area contributed by atoms with Gasteiger partial charge in [-0.15, -0.1) is 12.4 Å². The maximum Gasteiger partial charge on any atom is 0.256 e. The number of carbonyl (C=O) groups is 2. The van der Waals surface area contributed by atoms with Crippen LogP contribution in [0.4, 0.5) is 10.1 Å². The number of aryl methyl sites for hydroxylation is 1. The molecule has 8 nitrogen and oxygen atoms in total. The smallest absolute Gasteiger partial charge is 0.256 e. The molecule has 2 amide bonds. The van der Waals surface area contributed by atoms with Crippen LogP contribution in [0.2, 0.25) is 0 Å². The van der Waals surface area contributed by atoms with E-state index in [1.165, 1.54) is 11.6 Å². The van der Waals surface area contributed by atoms with Crippen LogP contribution in [0.25, 0.3) is 0 Å². The van der Waals surface area contributed by atoms with Crippen LogP contribution in [0.15, 0.2) is 97.1 Å². The monoisotopic (exact) mass is 731 g/mol. The van der Waals surface area contributed by atoms with E-state index in [1.807, 2.05) is 48.5 Å². The Labute approximate surface area is 313 Å². The van der Waals surface area contributed by atoms with Gasteiger partial charge >= 0.3 is 0 Å². The zero-order chi connectivity index (χ0) is 36.2. The Kier molecular flexibility index (Phi) is 15.1. The van der Waals surface area contributed by atoms with Gasteiger partial charge in [0.05, 0.1) is 20.1 Å². The van der Waals surface area contributed by atoms with Gasteiger partial charge in [0.2, 0.25) is 5.91 Å². The molecular weight excluding hydrogens is 681 g/mol. The largest absolute Gasteiger partial charge is 0.492 e. The Morgan fingerprint density at radius 3 is 2.33 bits per heavy atom. The first-order valence-corrected chi connectivity index (χ1v) is 17.7. The van der Waals surface area contributed by atoms with Gasteiger partial charge in [-0.1, -0.05) is 99.6 Å². The van der Waals surface area contributed by atoms with Gasteiger partial charge in [0.1, 0.15) is 18.0 Å². The number of nitrogens with one attached hydrogen (secondary N) is 2. The van der Waals surface area contributed by atoms with Crippen LogP contribution in [-0.2, 0) is 27.3 Å². The average Bonchev–Trinajstić information content (AvgIpc) is 3.22. The van der Waals surface area contributed by atoms with Gasteiger partial charge in [-0.05, 0) is 61.5 Å². The number of rotatable bonds is 16. The Morgan fingerprint density at radius 2 is 1.58 bits per heavy atom. The van der Waals surface area contributed by atoms with Gasteiger partial charge in [-0.25, -0.2) is 4.39 Å². The molecule has 0 bridgehead atoms. The molecule has 2 N–H and O–H groups in total. The average molecular weight is 732 g/mol. The van der Waals surface area contributed by atoms with E-state index in [1.54, 1.807) is 30.2 Å². The van der Waals surface area contributed by atoms with Crippen molar-refractivity contribution in [1.29, 1.82) is 0 Å². The number of amides is 2. The molecule has 0 saturated carbocycles. The second-order valence-electron chi connectivity index (χ2n) is 14.0. The number of carbonyl (C=O) groups excluding carboxylic acids is 2. The Morgan fingerprint density at radius 1 is 0.885 bits per heavy atom. The molecule has 0 radical (unpaired) electrons. The normalized spacial score (nSPS) is 15.6. The third kappa shape index (κ3) is 11.0. The fourth-order valence-corrected chi connectivity index (χ4v) is 6.27. The Bertz CT molecular complexity index is 1750. The number of benzene rings is 4. The van der Waals surface area contributed by atoms with Crippen LogP contribution in [0.5, 0.6) is 11.5 Å². The summed E-state index contributed by atoms with van der Waals surface area (Å²) >= 11 is 0. The van der Waals surface area contributed by atoms with Gasteiger partial charge in [-0.2, -0.15) is 0 Å². The molecule has 10 heteroatoms. The molecule has 2 unspecified atom stereocenters. The van der Waals surface area contributed by atoms with E-state index >= 15 is 0 Å². The van der Waals surface area contributed by atoms with Crippen LogP contribution >= 0.6 is 12.4 Å². The minimum absolute atomic E-state index is 0. The lowest BCUT2D eigenvalue weighted by atomic mass is 9.94. The van der Waals surface area contributed by atoms with Crippen molar-refractivity contribution in [3.63, 3.8) is 0 Å². The van der Waals surface area contributed by atoms with Crippen molar-refractivity contribution in [3.05, 3.63) is 125 Å². The molecule has 2 atom stereocenters. The predicted molar refractivity (Wildman–Crippen MR) is 206 cm³/mol. The maximum absolute atomic E-state index is 14.3. The zero-order valence-electron chi connectivity index (χ0n) is 30.5. The summed E-state index contributed by atoms with van der Waals surface area (Å²) in [7, 11) is 1.59. The fraction of sp³-hybridized carbons (Fsp3) is 0.381. The maximum atomic E-state index is 14.3. The van der Waals surface area contributed by atoms with Crippen molar-refractivity contribution >= 4 is 29.9 Å². The summed E-state index contributed by atoms with van der Waals surface area (Å²) in [5, 5.41) is 6.27. The summed E-state index contributed by atoms with van der Waals surface area (Å²) in [6, 6.07) is 30.1. The lowest BCUT2D eigenvalue weighted by Crippen LogP contribution is -2.45. The summed E-state index contributed by atoms with van der Waals surface area (Å²) < 4.78 is 33.1. The number of nitrogens with zero attached hydrogens (tertiary/aromatic N) is 1. The van der Waals surface area contributed by atoms with E-state index in [9.17, 15) is 14.0 Å². The SMILES string of the molecule is COc1c(OCCCNCCCc2ccccc2)cccc1C1OC(CC(=O)NCc2ccccc2F)C(=O)N(CC(C)(C)C)c2ccccc21.Cl. The highest BCUT2D eigenvalue weighted by Gasteiger charge is 2.40. The van der Waals surface area contributed by atoms with E-state index < -0.39 is 23.9 Å². The summed E-state index contributed by atoms with van der Waals surface area (Å²) in [5.41, 5.74) is 3.63. The third-order valence-electron chi connectivity index (χ3n) is 8.70. The van der Waals surface area contributed by atoms with E-state index in [0.717, 1.165) is 37.9 Å². The van der Waals surface area contributed by atoms with Gasteiger partial charge in [0.25, 0.3) is 5.91 Å². The molecule has 0 fully saturated rings. The predicted octanol–water partition coefficient (Wildman–Crippen LogP) is 7.82. The van der Waals surface area contributed by atoms with Gasteiger partial charge in [-0.3, -0.25) is 9.59 Å². The van der Waals surface area contributed by atoms with Gasteiger partial charge < -0.3 is 29.7 Å². The van der Waals surface area contributed by atoms with Gasteiger partial charge in [0, 0.05) is 35.5 Å². The first-order valence-electron chi connectivity index (χ1n) is 17.7. The Balaban J connectivity index is 0.00000605. The highest BCUT2D eigenvalue weighted by atomic mass is 35.5. The lowest BCUT2D eigenvalue weighted by molar-refractivity contribution is -0.138. The molecule has 0 aliphatic carbocycles. The fourth-order valence-electron chi connectivity index (χ4n) is 6.27.